The second-order valence-electron chi connectivity index (χ2n) is 4.21. The standard InChI is InChI=1S/C12H26O4/c1-10(2)15-9-12(4)16-11(3)8-14-7-6-13-5/h10-12H,6-9H2,1-5H3. The van der Waals surface area contributed by atoms with Gasteiger partial charge in [-0.15, -0.1) is 0 Å². The van der Waals surface area contributed by atoms with Gasteiger partial charge in [-0.3, -0.25) is 0 Å². The average Bonchev–Trinajstić information content (AvgIpc) is 2.21. The molecular formula is C12H26O4. The Balaban J connectivity index is 3.42. The van der Waals surface area contributed by atoms with Crippen molar-refractivity contribution in [3.63, 3.8) is 0 Å². The molecule has 0 amide bonds. The Morgan fingerprint density at radius 2 is 1.50 bits per heavy atom. The smallest absolute Gasteiger partial charge is 0.0785 e. The molecule has 0 fully saturated rings. The zero-order chi connectivity index (χ0) is 12.4. The lowest BCUT2D eigenvalue weighted by Gasteiger charge is -2.20. The maximum atomic E-state index is 5.69. The van der Waals surface area contributed by atoms with Crippen LogP contribution < -0.4 is 0 Å². The zero-order valence-electron chi connectivity index (χ0n) is 11.2. The van der Waals surface area contributed by atoms with Gasteiger partial charge in [-0.1, -0.05) is 0 Å². The molecule has 0 heterocycles. The van der Waals surface area contributed by atoms with Crippen molar-refractivity contribution in [3.8, 4) is 0 Å². The van der Waals surface area contributed by atoms with Crippen molar-refractivity contribution in [2.75, 3.05) is 33.5 Å². The highest BCUT2D eigenvalue weighted by Gasteiger charge is 2.09. The van der Waals surface area contributed by atoms with Crippen molar-refractivity contribution in [2.24, 2.45) is 0 Å². The van der Waals surface area contributed by atoms with E-state index in [1.54, 1.807) is 7.11 Å². The Labute approximate surface area is 99.2 Å². The van der Waals surface area contributed by atoms with Crippen LogP contribution in [-0.4, -0.2) is 51.8 Å². The molecule has 4 nitrogen and oxygen atoms in total. The highest BCUT2D eigenvalue weighted by atomic mass is 16.6. The molecule has 2 unspecified atom stereocenters. The van der Waals surface area contributed by atoms with E-state index in [-0.39, 0.29) is 18.3 Å². The van der Waals surface area contributed by atoms with Crippen LogP contribution in [0, 0.1) is 0 Å². The van der Waals surface area contributed by atoms with Gasteiger partial charge in [-0.05, 0) is 27.7 Å². The van der Waals surface area contributed by atoms with Crippen LogP contribution >= 0.6 is 0 Å². The Bertz CT molecular complexity index is 150. The molecule has 0 bridgehead atoms. The third-order valence-electron chi connectivity index (χ3n) is 1.91. The minimum Gasteiger partial charge on any atom is -0.382 e. The highest BCUT2D eigenvalue weighted by Crippen LogP contribution is 2.01. The molecule has 4 heteroatoms. The third-order valence-corrected chi connectivity index (χ3v) is 1.91. The molecule has 0 radical (unpaired) electrons. The Morgan fingerprint density at radius 3 is 2.06 bits per heavy atom. The van der Waals surface area contributed by atoms with Crippen LogP contribution in [-0.2, 0) is 18.9 Å². The lowest BCUT2D eigenvalue weighted by atomic mass is 10.3. The van der Waals surface area contributed by atoms with Crippen molar-refractivity contribution < 1.29 is 18.9 Å². The number of methoxy groups -OCH3 is 1. The molecule has 0 aromatic heterocycles. The topological polar surface area (TPSA) is 36.9 Å². The van der Waals surface area contributed by atoms with Gasteiger partial charge < -0.3 is 18.9 Å². The van der Waals surface area contributed by atoms with Crippen molar-refractivity contribution in [3.05, 3.63) is 0 Å². The largest absolute Gasteiger partial charge is 0.382 e. The van der Waals surface area contributed by atoms with Crippen LogP contribution in [0.3, 0.4) is 0 Å². The zero-order valence-corrected chi connectivity index (χ0v) is 11.2. The first-order valence-electron chi connectivity index (χ1n) is 5.90. The van der Waals surface area contributed by atoms with Gasteiger partial charge in [0.05, 0.1) is 44.7 Å². The van der Waals surface area contributed by atoms with E-state index in [1.807, 2.05) is 27.7 Å². The first-order valence-corrected chi connectivity index (χ1v) is 5.90. The maximum Gasteiger partial charge on any atom is 0.0785 e. The van der Waals surface area contributed by atoms with Gasteiger partial charge in [-0.25, -0.2) is 0 Å². The molecule has 0 aromatic carbocycles. The summed E-state index contributed by atoms with van der Waals surface area (Å²) in [6.45, 7) is 10.5. The van der Waals surface area contributed by atoms with Crippen LogP contribution in [0.5, 0.6) is 0 Å². The molecule has 0 aromatic rings. The second-order valence-corrected chi connectivity index (χ2v) is 4.21. The SMILES string of the molecule is COCCOCC(C)OC(C)COC(C)C. The van der Waals surface area contributed by atoms with Gasteiger partial charge in [-0.2, -0.15) is 0 Å². The molecule has 0 spiro atoms. The molecule has 0 aliphatic carbocycles. The minimum atomic E-state index is 0.0858. The summed E-state index contributed by atoms with van der Waals surface area (Å²) in [5.41, 5.74) is 0. The molecule has 98 valence electrons. The van der Waals surface area contributed by atoms with Crippen molar-refractivity contribution in [1.29, 1.82) is 0 Å². The lowest BCUT2D eigenvalue weighted by molar-refractivity contribution is -0.0821. The average molecular weight is 234 g/mol. The van der Waals surface area contributed by atoms with Crippen molar-refractivity contribution in [1.82, 2.24) is 0 Å². The molecule has 16 heavy (non-hydrogen) atoms. The predicted octanol–water partition coefficient (Wildman–Crippen LogP) is 1.87. The van der Waals surface area contributed by atoms with E-state index in [4.69, 9.17) is 18.9 Å². The lowest BCUT2D eigenvalue weighted by Crippen LogP contribution is -2.26. The summed E-state index contributed by atoms with van der Waals surface area (Å²) in [6, 6.07) is 0. The monoisotopic (exact) mass is 234 g/mol. The summed E-state index contributed by atoms with van der Waals surface area (Å²) in [4.78, 5) is 0. The van der Waals surface area contributed by atoms with E-state index >= 15 is 0 Å². The summed E-state index contributed by atoms with van der Waals surface area (Å²) in [5, 5.41) is 0. The number of hydrogen-bond donors (Lipinski definition) is 0. The van der Waals surface area contributed by atoms with E-state index in [9.17, 15) is 0 Å². The van der Waals surface area contributed by atoms with Crippen LogP contribution in [0.25, 0.3) is 0 Å². The molecule has 0 aliphatic rings. The summed E-state index contributed by atoms with van der Waals surface area (Å²) in [7, 11) is 1.66. The first-order chi connectivity index (χ1) is 7.56. The van der Waals surface area contributed by atoms with E-state index in [1.165, 1.54) is 0 Å². The van der Waals surface area contributed by atoms with Gasteiger partial charge in [0.2, 0.25) is 0 Å². The van der Waals surface area contributed by atoms with Crippen LogP contribution in [0.4, 0.5) is 0 Å². The van der Waals surface area contributed by atoms with Crippen LogP contribution in [0.15, 0.2) is 0 Å². The maximum absolute atomic E-state index is 5.69. The second kappa shape index (κ2) is 10.0. The summed E-state index contributed by atoms with van der Waals surface area (Å²) in [5.74, 6) is 0. The molecule has 0 saturated heterocycles. The van der Waals surface area contributed by atoms with Gasteiger partial charge in [0, 0.05) is 7.11 Å². The van der Waals surface area contributed by atoms with Crippen molar-refractivity contribution in [2.45, 2.75) is 46.0 Å². The van der Waals surface area contributed by atoms with E-state index in [0.29, 0.717) is 26.4 Å². The highest BCUT2D eigenvalue weighted by molar-refractivity contribution is 4.54. The quantitative estimate of drug-likeness (QED) is 0.541. The van der Waals surface area contributed by atoms with Crippen molar-refractivity contribution >= 4 is 0 Å². The van der Waals surface area contributed by atoms with Gasteiger partial charge in [0.1, 0.15) is 0 Å². The fraction of sp³-hybridized carbons (Fsp3) is 1.00. The van der Waals surface area contributed by atoms with Crippen LogP contribution in [0.1, 0.15) is 27.7 Å². The Hall–Kier alpha value is -0.160. The molecule has 0 saturated carbocycles. The van der Waals surface area contributed by atoms with Gasteiger partial charge in [0.15, 0.2) is 0 Å². The van der Waals surface area contributed by atoms with E-state index in [0.717, 1.165) is 0 Å². The summed E-state index contributed by atoms with van der Waals surface area (Å²) in [6.07, 6.45) is 0.436. The molecular weight excluding hydrogens is 208 g/mol. The number of rotatable bonds is 10. The summed E-state index contributed by atoms with van der Waals surface area (Å²) >= 11 is 0. The molecule has 0 rings (SSSR count). The molecule has 0 aliphatic heterocycles. The molecule has 2 atom stereocenters. The summed E-state index contributed by atoms with van der Waals surface area (Å²) < 4.78 is 21.4. The minimum absolute atomic E-state index is 0.0858. The Morgan fingerprint density at radius 1 is 0.875 bits per heavy atom. The Kier molecular flexibility index (Phi) is 9.92. The fourth-order valence-corrected chi connectivity index (χ4v) is 1.19. The van der Waals surface area contributed by atoms with Gasteiger partial charge in [0.25, 0.3) is 0 Å². The fourth-order valence-electron chi connectivity index (χ4n) is 1.19. The first kappa shape index (κ1) is 15.8. The number of ether oxygens (including phenoxy) is 4. The van der Waals surface area contributed by atoms with Crippen LogP contribution in [0.2, 0.25) is 0 Å². The normalized spacial score (nSPS) is 15.4. The van der Waals surface area contributed by atoms with E-state index in [2.05, 4.69) is 0 Å². The third kappa shape index (κ3) is 10.4. The van der Waals surface area contributed by atoms with E-state index < -0.39 is 0 Å². The molecule has 0 N–H and O–H groups in total. The number of hydrogen-bond acceptors (Lipinski definition) is 4. The van der Waals surface area contributed by atoms with Gasteiger partial charge >= 0.3 is 0 Å². The predicted molar refractivity (Wildman–Crippen MR) is 63.8 cm³/mol.